The molecular formula is C13H20N2O2. The van der Waals surface area contributed by atoms with E-state index < -0.39 is 0 Å². The summed E-state index contributed by atoms with van der Waals surface area (Å²) in [6, 6.07) is 7.76. The first-order chi connectivity index (χ1) is 8.26. The van der Waals surface area contributed by atoms with Crippen LogP contribution in [0.2, 0.25) is 0 Å². The normalized spacial score (nSPS) is 10.2. The van der Waals surface area contributed by atoms with E-state index in [1.54, 1.807) is 0 Å². The molecule has 0 aliphatic rings. The van der Waals surface area contributed by atoms with Gasteiger partial charge in [0.15, 0.2) is 0 Å². The summed E-state index contributed by atoms with van der Waals surface area (Å²) in [4.78, 5) is 11.2. The van der Waals surface area contributed by atoms with Crippen LogP contribution >= 0.6 is 0 Å². The Morgan fingerprint density at radius 3 is 2.47 bits per heavy atom. The van der Waals surface area contributed by atoms with Crippen molar-refractivity contribution in [3.05, 3.63) is 35.4 Å². The molecule has 1 amide bonds. The Hall–Kier alpha value is -1.39. The van der Waals surface area contributed by atoms with Crippen LogP contribution in [0.5, 0.6) is 0 Å². The minimum absolute atomic E-state index is 0.0743. The number of amides is 1. The van der Waals surface area contributed by atoms with Gasteiger partial charge in [-0.2, -0.15) is 0 Å². The van der Waals surface area contributed by atoms with Gasteiger partial charge in [0.1, 0.15) is 0 Å². The number of benzene rings is 1. The Kier molecular flexibility index (Phi) is 6.29. The predicted octanol–water partition coefficient (Wildman–Crippen LogP) is 0.795. The van der Waals surface area contributed by atoms with E-state index in [0.29, 0.717) is 19.5 Å². The van der Waals surface area contributed by atoms with Gasteiger partial charge in [0.05, 0.1) is 6.61 Å². The van der Waals surface area contributed by atoms with E-state index in [0.717, 1.165) is 17.7 Å². The first-order valence-electron chi connectivity index (χ1n) is 5.92. The maximum absolute atomic E-state index is 11.2. The molecule has 0 saturated heterocycles. The molecule has 94 valence electrons. The molecule has 0 atom stereocenters. The van der Waals surface area contributed by atoms with Crippen LogP contribution in [0.15, 0.2) is 24.3 Å². The zero-order valence-electron chi connectivity index (χ0n) is 10.2. The van der Waals surface area contributed by atoms with Gasteiger partial charge in [0, 0.05) is 26.1 Å². The van der Waals surface area contributed by atoms with Crippen LogP contribution in [-0.4, -0.2) is 24.1 Å². The Bertz CT molecular complexity index is 336. The van der Waals surface area contributed by atoms with E-state index in [2.05, 4.69) is 10.6 Å². The summed E-state index contributed by atoms with van der Waals surface area (Å²) in [6.07, 6.45) is 0.503. The molecule has 0 heterocycles. The van der Waals surface area contributed by atoms with Crippen molar-refractivity contribution in [1.29, 1.82) is 0 Å². The van der Waals surface area contributed by atoms with Gasteiger partial charge in [-0.3, -0.25) is 4.79 Å². The average Bonchev–Trinajstić information content (AvgIpc) is 2.36. The number of rotatable bonds is 7. The molecule has 0 unspecified atom stereocenters. The highest BCUT2D eigenvalue weighted by atomic mass is 16.3. The molecule has 1 aromatic carbocycles. The van der Waals surface area contributed by atoms with Gasteiger partial charge in [-0.05, 0) is 18.1 Å². The van der Waals surface area contributed by atoms with E-state index in [9.17, 15) is 4.79 Å². The van der Waals surface area contributed by atoms with E-state index >= 15 is 0 Å². The van der Waals surface area contributed by atoms with E-state index in [1.807, 2.05) is 31.2 Å². The van der Waals surface area contributed by atoms with E-state index in [-0.39, 0.29) is 12.5 Å². The predicted molar refractivity (Wildman–Crippen MR) is 67.4 cm³/mol. The number of hydrogen-bond donors (Lipinski definition) is 3. The monoisotopic (exact) mass is 236 g/mol. The van der Waals surface area contributed by atoms with Crippen molar-refractivity contribution in [2.24, 2.45) is 0 Å². The molecule has 0 fully saturated rings. The topological polar surface area (TPSA) is 61.4 Å². The van der Waals surface area contributed by atoms with Crippen molar-refractivity contribution in [1.82, 2.24) is 10.6 Å². The minimum Gasteiger partial charge on any atom is -0.392 e. The molecule has 4 heteroatoms. The molecule has 0 aromatic heterocycles. The van der Waals surface area contributed by atoms with Crippen molar-refractivity contribution in [2.45, 2.75) is 26.5 Å². The maximum Gasteiger partial charge on any atom is 0.221 e. The van der Waals surface area contributed by atoms with Crippen LogP contribution in [0.3, 0.4) is 0 Å². The first-order valence-corrected chi connectivity index (χ1v) is 5.92. The fourth-order valence-electron chi connectivity index (χ4n) is 1.48. The van der Waals surface area contributed by atoms with Crippen molar-refractivity contribution >= 4 is 5.91 Å². The lowest BCUT2D eigenvalue weighted by atomic mass is 10.1. The summed E-state index contributed by atoms with van der Waals surface area (Å²) in [5.41, 5.74) is 2.06. The summed E-state index contributed by atoms with van der Waals surface area (Å²) in [5, 5.41) is 14.9. The standard InChI is InChI=1S/C13H20N2O2/c1-2-15-13(17)7-8-14-9-11-3-5-12(10-16)6-4-11/h3-6,14,16H,2,7-10H2,1H3,(H,15,17). The molecule has 1 aromatic rings. The quantitative estimate of drug-likeness (QED) is 0.614. The molecule has 3 N–H and O–H groups in total. The smallest absolute Gasteiger partial charge is 0.221 e. The summed E-state index contributed by atoms with van der Waals surface area (Å²) in [6.45, 7) is 4.08. The Balaban J connectivity index is 2.19. The molecule has 0 aliphatic carbocycles. The molecule has 0 aliphatic heterocycles. The highest BCUT2D eigenvalue weighted by molar-refractivity contribution is 5.75. The van der Waals surface area contributed by atoms with Crippen molar-refractivity contribution in [3.63, 3.8) is 0 Å². The Labute approximate surface area is 102 Å². The fourth-order valence-corrected chi connectivity index (χ4v) is 1.48. The number of hydrogen-bond acceptors (Lipinski definition) is 3. The summed E-state index contributed by atoms with van der Waals surface area (Å²) in [7, 11) is 0. The minimum atomic E-state index is 0.0743. The van der Waals surface area contributed by atoms with Crippen LogP contribution < -0.4 is 10.6 Å². The molecule has 0 spiro atoms. The van der Waals surface area contributed by atoms with Gasteiger partial charge in [0.25, 0.3) is 0 Å². The lowest BCUT2D eigenvalue weighted by Gasteiger charge is -2.05. The molecule has 4 nitrogen and oxygen atoms in total. The molecule has 0 bridgehead atoms. The van der Waals surface area contributed by atoms with Crippen molar-refractivity contribution in [3.8, 4) is 0 Å². The van der Waals surface area contributed by atoms with Crippen molar-refractivity contribution in [2.75, 3.05) is 13.1 Å². The second kappa shape index (κ2) is 7.81. The van der Waals surface area contributed by atoms with Gasteiger partial charge in [0.2, 0.25) is 5.91 Å². The van der Waals surface area contributed by atoms with Gasteiger partial charge in [-0.25, -0.2) is 0 Å². The highest BCUT2D eigenvalue weighted by Crippen LogP contribution is 2.03. The zero-order chi connectivity index (χ0) is 12.5. The summed E-state index contributed by atoms with van der Waals surface area (Å²) < 4.78 is 0. The summed E-state index contributed by atoms with van der Waals surface area (Å²) >= 11 is 0. The van der Waals surface area contributed by atoms with Crippen LogP contribution in [0, 0.1) is 0 Å². The average molecular weight is 236 g/mol. The Morgan fingerprint density at radius 2 is 1.88 bits per heavy atom. The number of nitrogens with one attached hydrogen (secondary N) is 2. The molecule has 0 radical (unpaired) electrons. The molecule has 17 heavy (non-hydrogen) atoms. The maximum atomic E-state index is 11.2. The second-order valence-electron chi connectivity index (χ2n) is 3.85. The van der Waals surface area contributed by atoms with Gasteiger partial charge in [-0.15, -0.1) is 0 Å². The SMILES string of the molecule is CCNC(=O)CCNCc1ccc(CO)cc1. The third-order valence-corrected chi connectivity index (χ3v) is 2.44. The largest absolute Gasteiger partial charge is 0.392 e. The molecular weight excluding hydrogens is 216 g/mol. The fraction of sp³-hybridized carbons (Fsp3) is 0.462. The van der Waals surface area contributed by atoms with Gasteiger partial charge >= 0.3 is 0 Å². The number of carbonyl (C=O) groups is 1. The molecule has 0 saturated carbocycles. The number of carbonyl (C=O) groups excluding carboxylic acids is 1. The van der Waals surface area contributed by atoms with E-state index in [1.165, 1.54) is 0 Å². The van der Waals surface area contributed by atoms with Gasteiger partial charge in [-0.1, -0.05) is 24.3 Å². The number of aliphatic hydroxyl groups excluding tert-OH is 1. The lowest BCUT2D eigenvalue weighted by molar-refractivity contribution is -0.120. The third-order valence-electron chi connectivity index (χ3n) is 2.44. The summed E-state index contributed by atoms with van der Waals surface area (Å²) in [5.74, 6) is 0.0793. The van der Waals surface area contributed by atoms with Crippen LogP contribution in [0.4, 0.5) is 0 Å². The van der Waals surface area contributed by atoms with E-state index in [4.69, 9.17) is 5.11 Å². The van der Waals surface area contributed by atoms with Crippen LogP contribution in [0.25, 0.3) is 0 Å². The Morgan fingerprint density at radius 1 is 1.24 bits per heavy atom. The van der Waals surface area contributed by atoms with Crippen LogP contribution in [0.1, 0.15) is 24.5 Å². The highest BCUT2D eigenvalue weighted by Gasteiger charge is 1.98. The van der Waals surface area contributed by atoms with Crippen molar-refractivity contribution < 1.29 is 9.90 Å². The second-order valence-corrected chi connectivity index (χ2v) is 3.85. The molecule has 1 rings (SSSR count). The first kappa shape index (κ1) is 13.7. The third kappa shape index (κ3) is 5.47. The van der Waals surface area contributed by atoms with Gasteiger partial charge < -0.3 is 15.7 Å². The van der Waals surface area contributed by atoms with Crippen LogP contribution in [-0.2, 0) is 17.9 Å². The number of aliphatic hydroxyl groups is 1. The lowest BCUT2D eigenvalue weighted by Crippen LogP contribution is -2.27. The zero-order valence-corrected chi connectivity index (χ0v) is 10.2.